The van der Waals surface area contributed by atoms with E-state index in [9.17, 15) is 12.8 Å². The second kappa shape index (κ2) is 4.94. The molecule has 0 amide bonds. The van der Waals surface area contributed by atoms with E-state index in [0.717, 1.165) is 6.07 Å². The van der Waals surface area contributed by atoms with E-state index in [1.165, 1.54) is 22.9 Å². The summed E-state index contributed by atoms with van der Waals surface area (Å²) in [6.45, 7) is 1.71. The first kappa shape index (κ1) is 14.0. The number of aromatic nitrogens is 2. The second-order valence-electron chi connectivity index (χ2n) is 4.12. The maximum atomic E-state index is 13.5. The third kappa shape index (κ3) is 2.48. The highest BCUT2D eigenvalue weighted by Gasteiger charge is 2.22. The predicted octanol–water partition coefficient (Wildman–Crippen LogP) is 1.54. The Morgan fingerprint density at radius 2 is 2.15 bits per heavy atom. The number of nitrogens with one attached hydrogen (secondary N) is 1. The van der Waals surface area contributed by atoms with Crippen molar-refractivity contribution >= 4 is 15.8 Å². The molecule has 8 heteroatoms. The van der Waals surface area contributed by atoms with Crippen LogP contribution in [0.1, 0.15) is 11.3 Å². The Labute approximate surface area is 115 Å². The second-order valence-corrected chi connectivity index (χ2v) is 5.78. The molecule has 0 saturated carbocycles. The third-order valence-electron chi connectivity index (χ3n) is 2.62. The van der Waals surface area contributed by atoms with Crippen LogP contribution in [0.5, 0.6) is 0 Å². The highest BCUT2D eigenvalue weighted by molar-refractivity contribution is 7.92. The number of nitriles is 1. The number of hydrogen-bond acceptors (Lipinski definition) is 4. The lowest BCUT2D eigenvalue weighted by atomic mass is 10.2. The molecule has 0 aliphatic carbocycles. The number of nitrogens with zero attached hydrogens (tertiary/aromatic N) is 3. The third-order valence-corrected chi connectivity index (χ3v) is 4.01. The molecule has 0 atom stereocenters. The van der Waals surface area contributed by atoms with Crippen molar-refractivity contribution in [2.75, 3.05) is 4.72 Å². The van der Waals surface area contributed by atoms with E-state index < -0.39 is 26.3 Å². The van der Waals surface area contributed by atoms with Gasteiger partial charge in [0.25, 0.3) is 10.0 Å². The lowest BCUT2D eigenvalue weighted by molar-refractivity contribution is 0.593. The van der Waals surface area contributed by atoms with Gasteiger partial charge in [-0.15, -0.1) is 0 Å². The molecule has 1 heterocycles. The largest absolute Gasteiger partial charge is 0.264 e. The molecule has 0 bridgehead atoms. The zero-order valence-corrected chi connectivity index (χ0v) is 11.6. The molecule has 1 aromatic carbocycles. The number of sulfonamides is 1. The minimum Gasteiger partial charge on any atom is -0.264 e. The zero-order valence-electron chi connectivity index (χ0n) is 10.8. The average Bonchev–Trinajstić information content (AvgIpc) is 2.66. The van der Waals surface area contributed by atoms with Crippen molar-refractivity contribution in [3.05, 3.63) is 41.3 Å². The highest BCUT2D eigenvalue weighted by atomic mass is 32.2. The van der Waals surface area contributed by atoms with Gasteiger partial charge in [-0.3, -0.25) is 9.40 Å². The summed E-state index contributed by atoms with van der Waals surface area (Å²) in [6, 6.07) is 6.53. The number of halogens is 1. The minimum absolute atomic E-state index is 0.232. The minimum atomic E-state index is -4.06. The number of hydrogen-bond donors (Lipinski definition) is 1. The van der Waals surface area contributed by atoms with Crippen LogP contribution in [0.25, 0.3) is 0 Å². The number of rotatable bonds is 3. The van der Waals surface area contributed by atoms with Gasteiger partial charge in [0.15, 0.2) is 0 Å². The molecule has 0 radical (unpaired) electrons. The standard InChI is InChI=1S/C12H11FN4O2S/c1-8-6-12(17(2)15-8)16-20(18,19)11-5-3-4-10(13)9(11)7-14/h3-6,16H,1-2H3. The summed E-state index contributed by atoms with van der Waals surface area (Å²) in [5, 5.41) is 12.9. The van der Waals surface area contributed by atoms with Gasteiger partial charge in [-0.2, -0.15) is 10.4 Å². The summed E-state index contributed by atoms with van der Waals surface area (Å²) in [5.41, 5.74) is 0.115. The fourth-order valence-corrected chi connectivity index (χ4v) is 2.98. The van der Waals surface area contributed by atoms with Crippen LogP contribution in [-0.4, -0.2) is 18.2 Å². The summed E-state index contributed by atoms with van der Waals surface area (Å²) in [7, 11) is -2.49. The number of aryl methyl sites for hydroxylation is 2. The normalized spacial score (nSPS) is 11.1. The maximum absolute atomic E-state index is 13.5. The Hall–Kier alpha value is -2.40. The van der Waals surface area contributed by atoms with Gasteiger partial charge in [0.05, 0.1) is 5.69 Å². The molecule has 104 valence electrons. The van der Waals surface area contributed by atoms with E-state index in [1.807, 2.05) is 0 Å². The van der Waals surface area contributed by atoms with Crippen molar-refractivity contribution < 1.29 is 12.8 Å². The topological polar surface area (TPSA) is 87.8 Å². The van der Waals surface area contributed by atoms with Crippen LogP contribution in [0.4, 0.5) is 10.2 Å². The molecule has 0 fully saturated rings. The molecule has 0 aliphatic rings. The fraction of sp³-hybridized carbons (Fsp3) is 0.167. The Balaban J connectivity index is 2.50. The molecule has 0 unspecified atom stereocenters. The van der Waals surface area contributed by atoms with Gasteiger partial charge in [0.2, 0.25) is 0 Å². The lowest BCUT2D eigenvalue weighted by Crippen LogP contribution is -2.17. The van der Waals surface area contributed by atoms with Crippen LogP contribution in [0.15, 0.2) is 29.2 Å². The Bertz CT molecular complexity index is 805. The quantitative estimate of drug-likeness (QED) is 0.930. The van der Waals surface area contributed by atoms with Crippen LogP contribution >= 0.6 is 0 Å². The van der Waals surface area contributed by atoms with Gasteiger partial charge in [-0.05, 0) is 19.1 Å². The molecule has 1 aromatic heterocycles. The molecule has 0 spiro atoms. The van der Waals surface area contributed by atoms with Crippen molar-refractivity contribution in [2.24, 2.45) is 7.05 Å². The van der Waals surface area contributed by atoms with E-state index in [0.29, 0.717) is 5.69 Å². The molecule has 6 nitrogen and oxygen atoms in total. The maximum Gasteiger partial charge on any atom is 0.264 e. The Morgan fingerprint density at radius 1 is 1.45 bits per heavy atom. The molecule has 2 rings (SSSR count). The first-order valence-electron chi connectivity index (χ1n) is 5.57. The predicted molar refractivity (Wildman–Crippen MR) is 69.9 cm³/mol. The van der Waals surface area contributed by atoms with Gasteiger partial charge in [-0.25, -0.2) is 12.8 Å². The molecule has 1 N–H and O–H groups in total. The van der Waals surface area contributed by atoms with E-state index in [4.69, 9.17) is 5.26 Å². The van der Waals surface area contributed by atoms with Gasteiger partial charge in [-0.1, -0.05) is 6.07 Å². The number of benzene rings is 1. The van der Waals surface area contributed by atoms with Crippen molar-refractivity contribution in [1.29, 1.82) is 5.26 Å². The number of anilines is 1. The van der Waals surface area contributed by atoms with Crippen LogP contribution in [0.2, 0.25) is 0 Å². The molecular weight excluding hydrogens is 283 g/mol. The monoisotopic (exact) mass is 294 g/mol. The molecule has 0 aliphatic heterocycles. The van der Waals surface area contributed by atoms with Crippen LogP contribution in [0.3, 0.4) is 0 Å². The Kier molecular flexibility index (Phi) is 3.46. The summed E-state index contributed by atoms with van der Waals surface area (Å²) < 4.78 is 41.5. The fourth-order valence-electron chi connectivity index (χ4n) is 1.74. The smallest absolute Gasteiger partial charge is 0.264 e. The lowest BCUT2D eigenvalue weighted by Gasteiger charge is -2.09. The summed E-state index contributed by atoms with van der Waals surface area (Å²) in [6.07, 6.45) is 0. The first-order chi connectivity index (χ1) is 9.35. The molecule has 0 saturated heterocycles. The molecular formula is C12H11FN4O2S. The highest BCUT2D eigenvalue weighted by Crippen LogP contribution is 2.21. The SMILES string of the molecule is Cc1cc(NS(=O)(=O)c2cccc(F)c2C#N)n(C)n1. The van der Waals surface area contributed by atoms with Crippen molar-refractivity contribution in [3.8, 4) is 6.07 Å². The van der Waals surface area contributed by atoms with Gasteiger partial charge >= 0.3 is 0 Å². The van der Waals surface area contributed by atoms with Gasteiger partial charge in [0.1, 0.15) is 28.2 Å². The zero-order chi connectivity index (χ0) is 14.9. The van der Waals surface area contributed by atoms with Gasteiger partial charge in [0, 0.05) is 13.1 Å². The van der Waals surface area contributed by atoms with Crippen LogP contribution < -0.4 is 4.72 Å². The van der Waals surface area contributed by atoms with E-state index in [1.54, 1.807) is 20.0 Å². The van der Waals surface area contributed by atoms with Crippen LogP contribution in [-0.2, 0) is 17.1 Å². The van der Waals surface area contributed by atoms with E-state index in [-0.39, 0.29) is 5.82 Å². The Morgan fingerprint density at radius 3 is 2.70 bits per heavy atom. The van der Waals surface area contributed by atoms with E-state index in [2.05, 4.69) is 9.82 Å². The summed E-state index contributed by atoms with van der Waals surface area (Å²) in [5.74, 6) is -0.646. The van der Waals surface area contributed by atoms with E-state index >= 15 is 0 Å². The summed E-state index contributed by atoms with van der Waals surface area (Å²) in [4.78, 5) is -0.404. The van der Waals surface area contributed by atoms with Crippen molar-refractivity contribution in [1.82, 2.24) is 9.78 Å². The van der Waals surface area contributed by atoms with Gasteiger partial charge < -0.3 is 0 Å². The summed E-state index contributed by atoms with van der Waals surface area (Å²) >= 11 is 0. The average molecular weight is 294 g/mol. The first-order valence-corrected chi connectivity index (χ1v) is 7.05. The van der Waals surface area contributed by atoms with Crippen LogP contribution in [0, 0.1) is 24.1 Å². The van der Waals surface area contributed by atoms with Crippen molar-refractivity contribution in [3.63, 3.8) is 0 Å². The molecule has 2 aromatic rings. The molecule has 20 heavy (non-hydrogen) atoms. The van der Waals surface area contributed by atoms with Crippen molar-refractivity contribution in [2.45, 2.75) is 11.8 Å².